The van der Waals surface area contributed by atoms with Crippen molar-refractivity contribution in [2.45, 2.75) is 44.5 Å². The molecule has 1 aliphatic rings. The number of carbonyl (C=O) groups is 2. The standard InChI is InChI=1S/C25H29F3N6O3/c1-14(2)25(29,23(37)33-13-24(26,27)28)17-7-15(9-30-11-17)20-12-32-21-19(20)8-16(10-31-21)22(36)34-5-3-18(35)4-6-34/h7-12,14,18,35H,3-6,13,29H2,1-2H3,(H,31,32)(H,33,37)/t25-/m0/s1. The van der Waals surface area contributed by atoms with Crippen LogP contribution in [0.2, 0.25) is 0 Å². The van der Waals surface area contributed by atoms with Gasteiger partial charge in [-0.1, -0.05) is 13.8 Å². The average Bonchev–Trinajstić information content (AvgIpc) is 3.29. The number of piperidine rings is 1. The minimum absolute atomic E-state index is 0.192. The Morgan fingerprint density at radius 1 is 1.22 bits per heavy atom. The van der Waals surface area contributed by atoms with E-state index in [0.29, 0.717) is 53.7 Å². The van der Waals surface area contributed by atoms with Gasteiger partial charge in [0, 0.05) is 60.0 Å². The molecule has 4 rings (SSSR count). The number of halogens is 3. The molecule has 3 aromatic heterocycles. The fraction of sp³-hybridized carbons (Fsp3) is 0.440. The number of likely N-dealkylation sites (tertiary alicyclic amines) is 1. The lowest BCUT2D eigenvalue weighted by Crippen LogP contribution is -2.56. The van der Waals surface area contributed by atoms with Crippen LogP contribution in [-0.4, -0.2) is 68.7 Å². The first-order valence-corrected chi connectivity index (χ1v) is 11.9. The highest BCUT2D eigenvalue weighted by Crippen LogP contribution is 2.33. The van der Waals surface area contributed by atoms with Gasteiger partial charge in [0.25, 0.3) is 5.91 Å². The van der Waals surface area contributed by atoms with Crippen LogP contribution in [-0.2, 0) is 10.3 Å². The molecule has 5 N–H and O–H groups in total. The molecular formula is C25H29F3N6O3. The van der Waals surface area contributed by atoms with Gasteiger partial charge in [-0.05, 0) is 30.9 Å². The summed E-state index contributed by atoms with van der Waals surface area (Å²) < 4.78 is 38.1. The van der Waals surface area contributed by atoms with Crippen LogP contribution in [0.3, 0.4) is 0 Å². The molecule has 0 spiro atoms. The smallest absolute Gasteiger partial charge is 0.393 e. The quantitative estimate of drug-likeness (QED) is 0.396. The van der Waals surface area contributed by atoms with Crippen LogP contribution >= 0.6 is 0 Å². The highest BCUT2D eigenvalue weighted by atomic mass is 19.4. The van der Waals surface area contributed by atoms with Crippen LogP contribution < -0.4 is 11.1 Å². The van der Waals surface area contributed by atoms with Gasteiger partial charge in [-0.25, -0.2) is 4.98 Å². The number of aliphatic hydroxyl groups is 1. The van der Waals surface area contributed by atoms with E-state index in [1.54, 1.807) is 43.3 Å². The Morgan fingerprint density at radius 2 is 1.92 bits per heavy atom. The first kappa shape index (κ1) is 26.6. The fourth-order valence-electron chi connectivity index (χ4n) is 4.48. The Hall–Kier alpha value is -3.51. The first-order chi connectivity index (χ1) is 17.4. The maximum Gasteiger partial charge on any atom is 0.405 e. The number of nitrogens with zero attached hydrogens (tertiary/aromatic N) is 3. The molecule has 0 bridgehead atoms. The van der Waals surface area contributed by atoms with Crippen LogP contribution in [0, 0.1) is 5.92 Å². The van der Waals surface area contributed by atoms with E-state index in [1.165, 1.54) is 12.4 Å². The van der Waals surface area contributed by atoms with Gasteiger partial charge >= 0.3 is 6.18 Å². The van der Waals surface area contributed by atoms with Crippen LogP contribution in [0.4, 0.5) is 13.2 Å². The molecule has 1 atom stereocenters. The largest absolute Gasteiger partial charge is 0.405 e. The number of hydrogen-bond acceptors (Lipinski definition) is 6. The predicted octanol–water partition coefficient (Wildman–Crippen LogP) is 2.71. The number of hydrogen-bond donors (Lipinski definition) is 4. The Bertz CT molecular complexity index is 1300. The highest BCUT2D eigenvalue weighted by Gasteiger charge is 2.41. The van der Waals surface area contributed by atoms with Crippen LogP contribution in [0.5, 0.6) is 0 Å². The summed E-state index contributed by atoms with van der Waals surface area (Å²) in [5, 5.41) is 12.2. The van der Waals surface area contributed by atoms with E-state index in [-0.39, 0.29) is 11.5 Å². The van der Waals surface area contributed by atoms with Crippen molar-refractivity contribution < 1.29 is 27.9 Å². The summed E-state index contributed by atoms with van der Waals surface area (Å²) in [7, 11) is 0. The topological polar surface area (TPSA) is 137 Å². The summed E-state index contributed by atoms with van der Waals surface area (Å²) in [6, 6.07) is 3.33. The van der Waals surface area contributed by atoms with E-state index in [2.05, 4.69) is 15.0 Å². The van der Waals surface area contributed by atoms with Gasteiger partial charge < -0.3 is 26.0 Å². The molecule has 1 fully saturated rings. The summed E-state index contributed by atoms with van der Waals surface area (Å²) >= 11 is 0. The second-order valence-corrected chi connectivity index (χ2v) is 9.63. The molecule has 0 aromatic carbocycles. The molecule has 37 heavy (non-hydrogen) atoms. The van der Waals surface area contributed by atoms with E-state index in [1.807, 2.05) is 5.32 Å². The van der Waals surface area contributed by atoms with E-state index < -0.39 is 36.2 Å². The van der Waals surface area contributed by atoms with Gasteiger partial charge in [0.05, 0.1) is 11.7 Å². The van der Waals surface area contributed by atoms with Gasteiger partial charge in [-0.2, -0.15) is 13.2 Å². The molecule has 0 saturated carbocycles. The number of carbonyl (C=O) groups excluding carboxylic acids is 2. The number of aromatic nitrogens is 3. The third kappa shape index (κ3) is 5.44. The number of aromatic amines is 1. The van der Waals surface area contributed by atoms with Crippen LogP contribution in [0.25, 0.3) is 22.2 Å². The second-order valence-electron chi connectivity index (χ2n) is 9.63. The SMILES string of the molecule is CC(C)[C@@](N)(C(=O)NCC(F)(F)F)c1cncc(-c2c[nH]c3ncc(C(=O)N4CCC(O)CC4)cc23)c1. The number of nitrogens with one attached hydrogen (secondary N) is 2. The monoisotopic (exact) mass is 518 g/mol. The average molecular weight is 519 g/mol. The molecule has 4 heterocycles. The van der Waals surface area contributed by atoms with Crippen molar-refractivity contribution in [2.75, 3.05) is 19.6 Å². The van der Waals surface area contributed by atoms with Crippen molar-refractivity contribution in [2.24, 2.45) is 11.7 Å². The Kier molecular flexibility index (Phi) is 7.24. The van der Waals surface area contributed by atoms with Gasteiger partial charge in [0.1, 0.15) is 17.7 Å². The molecule has 12 heteroatoms. The minimum atomic E-state index is -4.58. The third-order valence-corrected chi connectivity index (χ3v) is 6.79. The molecule has 0 radical (unpaired) electrons. The highest BCUT2D eigenvalue weighted by molar-refractivity contribution is 6.01. The van der Waals surface area contributed by atoms with E-state index in [9.17, 15) is 27.9 Å². The summed E-state index contributed by atoms with van der Waals surface area (Å²) in [6.45, 7) is 2.70. The van der Waals surface area contributed by atoms with E-state index in [4.69, 9.17) is 5.73 Å². The van der Waals surface area contributed by atoms with Crippen LogP contribution in [0.1, 0.15) is 42.6 Å². The molecule has 3 aromatic rings. The summed E-state index contributed by atoms with van der Waals surface area (Å²) in [6.07, 6.45) is 2.13. The zero-order chi connectivity index (χ0) is 27.0. The molecule has 1 saturated heterocycles. The van der Waals surface area contributed by atoms with Gasteiger partial charge in [0.2, 0.25) is 5.91 Å². The van der Waals surface area contributed by atoms with Crippen molar-refractivity contribution in [3.05, 3.63) is 48.0 Å². The maximum atomic E-state index is 13.0. The van der Waals surface area contributed by atoms with Gasteiger partial charge in [-0.3, -0.25) is 14.6 Å². The van der Waals surface area contributed by atoms with Crippen molar-refractivity contribution in [3.8, 4) is 11.1 Å². The fourth-order valence-corrected chi connectivity index (χ4v) is 4.48. The molecule has 198 valence electrons. The molecule has 9 nitrogen and oxygen atoms in total. The number of fused-ring (bicyclic) bond motifs is 1. The summed E-state index contributed by atoms with van der Waals surface area (Å²) in [4.78, 5) is 39.1. The predicted molar refractivity (Wildman–Crippen MR) is 130 cm³/mol. The second kappa shape index (κ2) is 10.1. The third-order valence-electron chi connectivity index (χ3n) is 6.79. The summed E-state index contributed by atoms with van der Waals surface area (Å²) in [5.41, 5.74) is 7.01. The number of amides is 2. The van der Waals surface area contributed by atoms with E-state index in [0.717, 1.165) is 0 Å². The molecule has 2 amide bonds. The molecule has 0 unspecified atom stereocenters. The lowest BCUT2D eigenvalue weighted by atomic mass is 9.80. The number of aliphatic hydroxyl groups excluding tert-OH is 1. The Balaban J connectivity index is 1.67. The van der Waals surface area contributed by atoms with Crippen molar-refractivity contribution in [1.29, 1.82) is 0 Å². The number of pyridine rings is 2. The number of nitrogens with two attached hydrogens (primary N) is 1. The van der Waals surface area contributed by atoms with E-state index >= 15 is 0 Å². The maximum absolute atomic E-state index is 13.0. The Morgan fingerprint density at radius 3 is 2.57 bits per heavy atom. The Labute approximate surface area is 211 Å². The van der Waals surface area contributed by atoms with Gasteiger partial charge in [0.15, 0.2) is 0 Å². The molecule has 1 aliphatic heterocycles. The normalized spacial score (nSPS) is 16.7. The summed E-state index contributed by atoms with van der Waals surface area (Å²) in [5.74, 6) is -1.70. The van der Waals surface area contributed by atoms with Crippen molar-refractivity contribution in [1.82, 2.24) is 25.2 Å². The molecular weight excluding hydrogens is 489 g/mol. The number of rotatable bonds is 6. The van der Waals surface area contributed by atoms with Gasteiger partial charge in [-0.15, -0.1) is 0 Å². The van der Waals surface area contributed by atoms with Crippen molar-refractivity contribution in [3.63, 3.8) is 0 Å². The number of H-pyrrole nitrogens is 1. The lowest BCUT2D eigenvalue weighted by molar-refractivity contribution is -0.143. The lowest BCUT2D eigenvalue weighted by Gasteiger charge is -2.32. The zero-order valence-electron chi connectivity index (χ0n) is 20.5. The van der Waals surface area contributed by atoms with Crippen molar-refractivity contribution >= 4 is 22.8 Å². The number of alkyl halides is 3. The molecule has 0 aliphatic carbocycles. The first-order valence-electron chi connectivity index (χ1n) is 11.9. The zero-order valence-corrected chi connectivity index (χ0v) is 20.5. The van der Waals surface area contributed by atoms with Crippen LogP contribution in [0.15, 0.2) is 36.9 Å². The minimum Gasteiger partial charge on any atom is -0.393 e.